The van der Waals surface area contributed by atoms with Gasteiger partial charge in [-0.05, 0) is 25.2 Å². The molecule has 3 N–H and O–H groups in total. The van der Waals surface area contributed by atoms with E-state index in [1.807, 2.05) is 11.6 Å². The van der Waals surface area contributed by atoms with Crippen LogP contribution >= 0.6 is 23.1 Å². The normalized spacial score (nSPS) is 29.8. The van der Waals surface area contributed by atoms with Gasteiger partial charge < -0.3 is 10.8 Å². The van der Waals surface area contributed by atoms with Gasteiger partial charge in [0.05, 0.1) is 5.60 Å². The van der Waals surface area contributed by atoms with Gasteiger partial charge in [0.25, 0.3) is 0 Å². The van der Waals surface area contributed by atoms with Crippen LogP contribution in [0.3, 0.4) is 0 Å². The van der Waals surface area contributed by atoms with Gasteiger partial charge in [-0.1, -0.05) is 18.2 Å². The van der Waals surface area contributed by atoms with Crippen LogP contribution in [0.5, 0.6) is 0 Å². The molecule has 90 valence electrons. The lowest BCUT2D eigenvalue weighted by Crippen LogP contribution is -2.41. The molecule has 0 spiro atoms. The van der Waals surface area contributed by atoms with E-state index in [-0.39, 0.29) is 0 Å². The lowest BCUT2D eigenvalue weighted by molar-refractivity contribution is 0.0104. The van der Waals surface area contributed by atoms with Crippen molar-refractivity contribution in [2.75, 3.05) is 12.3 Å². The maximum Gasteiger partial charge on any atom is 0.149 e. The summed E-state index contributed by atoms with van der Waals surface area (Å²) in [6.07, 6.45) is 5.97. The molecule has 2 rings (SSSR count). The number of aliphatic hydroxyl groups is 1. The average molecular weight is 258 g/mol. The molecule has 0 radical (unpaired) electrons. The van der Waals surface area contributed by atoms with Gasteiger partial charge in [0.1, 0.15) is 4.34 Å². The van der Waals surface area contributed by atoms with Gasteiger partial charge in [-0.2, -0.15) is 0 Å². The second-order valence-electron chi connectivity index (χ2n) is 4.33. The maximum absolute atomic E-state index is 10.3. The van der Waals surface area contributed by atoms with E-state index in [1.165, 1.54) is 0 Å². The zero-order valence-electron chi connectivity index (χ0n) is 9.26. The molecule has 1 heterocycles. The summed E-state index contributed by atoms with van der Waals surface area (Å²) < 4.78 is 1.12. The molecule has 0 amide bonds. The highest BCUT2D eigenvalue weighted by atomic mass is 32.2. The van der Waals surface area contributed by atoms with Gasteiger partial charge in [0, 0.05) is 23.9 Å². The lowest BCUT2D eigenvalue weighted by Gasteiger charge is -2.28. The summed E-state index contributed by atoms with van der Waals surface area (Å²) in [7, 11) is 0. The fourth-order valence-corrected chi connectivity index (χ4v) is 4.14. The molecule has 0 bridgehead atoms. The van der Waals surface area contributed by atoms with Crippen molar-refractivity contribution in [2.45, 2.75) is 35.6 Å². The highest BCUT2D eigenvalue weighted by Crippen LogP contribution is 2.38. The Hall–Kier alpha value is -0.100. The highest BCUT2D eigenvalue weighted by Gasteiger charge is 2.39. The molecule has 1 aromatic rings. The van der Waals surface area contributed by atoms with Gasteiger partial charge in [0.2, 0.25) is 0 Å². The second-order valence-corrected chi connectivity index (χ2v) is 6.57. The minimum Gasteiger partial charge on any atom is -0.388 e. The van der Waals surface area contributed by atoms with Crippen LogP contribution in [-0.4, -0.2) is 28.0 Å². The van der Waals surface area contributed by atoms with Crippen molar-refractivity contribution in [1.29, 1.82) is 0 Å². The minimum atomic E-state index is -0.594. The van der Waals surface area contributed by atoms with E-state index in [0.29, 0.717) is 12.5 Å². The number of hydrogen-bond acceptors (Lipinski definition) is 5. The molecule has 0 aromatic carbocycles. The number of nitrogens with two attached hydrogens (primary N) is 1. The number of rotatable bonds is 5. The van der Waals surface area contributed by atoms with Crippen molar-refractivity contribution < 1.29 is 5.11 Å². The Kier molecular flexibility index (Phi) is 4.24. The first kappa shape index (κ1) is 12.4. The van der Waals surface area contributed by atoms with Crippen LogP contribution in [0.25, 0.3) is 0 Å². The van der Waals surface area contributed by atoms with Crippen LogP contribution in [0.2, 0.25) is 0 Å². The number of thioether (sulfide) groups is 1. The van der Waals surface area contributed by atoms with Crippen LogP contribution < -0.4 is 5.73 Å². The molecule has 1 aliphatic rings. The fraction of sp³-hybridized carbons (Fsp3) is 0.727. The Balaban J connectivity index is 1.77. The molecule has 1 aromatic heterocycles. The Labute approximate surface area is 104 Å². The Morgan fingerprint density at radius 3 is 3.25 bits per heavy atom. The molecule has 1 saturated carbocycles. The van der Waals surface area contributed by atoms with E-state index in [0.717, 1.165) is 35.8 Å². The van der Waals surface area contributed by atoms with Crippen molar-refractivity contribution in [2.24, 2.45) is 11.7 Å². The van der Waals surface area contributed by atoms with Crippen LogP contribution in [0, 0.1) is 5.92 Å². The molecule has 0 aliphatic heterocycles. The first-order valence-corrected chi connectivity index (χ1v) is 7.56. The third-order valence-corrected chi connectivity index (χ3v) is 5.38. The standard InChI is InChI=1S/C11H18N2OS2/c12-8-11(14)4-1-2-9(11)3-6-15-10-13-5-7-16-10/h5,7,9,14H,1-4,6,8,12H2. The topological polar surface area (TPSA) is 59.1 Å². The number of nitrogens with zero attached hydrogens (tertiary/aromatic N) is 1. The van der Waals surface area contributed by atoms with Gasteiger partial charge in [0.15, 0.2) is 0 Å². The van der Waals surface area contributed by atoms with Crippen LogP contribution in [0.1, 0.15) is 25.7 Å². The monoisotopic (exact) mass is 258 g/mol. The summed E-state index contributed by atoms with van der Waals surface area (Å²) in [4.78, 5) is 4.23. The molecule has 16 heavy (non-hydrogen) atoms. The van der Waals surface area contributed by atoms with Crippen molar-refractivity contribution in [1.82, 2.24) is 4.98 Å². The van der Waals surface area contributed by atoms with Crippen LogP contribution in [0.15, 0.2) is 15.9 Å². The molecule has 2 atom stereocenters. The van der Waals surface area contributed by atoms with Gasteiger partial charge in [-0.15, -0.1) is 11.3 Å². The minimum absolute atomic E-state index is 0.380. The predicted octanol–water partition coefficient (Wildman–Crippen LogP) is 2.12. The number of thiazole rings is 1. The van der Waals surface area contributed by atoms with E-state index in [1.54, 1.807) is 23.1 Å². The predicted molar refractivity (Wildman–Crippen MR) is 68.8 cm³/mol. The number of aromatic nitrogens is 1. The lowest BCUT2D eigenvalue weighted by atomic mass is 9.89. The highest BCUT2D eigenvalue weighted by molar-refractivity contribution is 8.00. The van der Waals surface area contributed by atoms with E-state index in [9.17, 15) is 5.11 Å². The van der Waals surface area contributed by atoms with Crippen molar-refractivity contribution >= 4 is 23.1 Å². The second kappa shape index (κ2) is 5.49. The maximum atomic E-state index is 10.3. The van der Waals surface area contributed by atoms with Gasteiger partial charge >= 0.3 is 0 Å². The molecule has 2 unspecified atom stereocenters. The average Bonchev–Trinajstić information content (AvgIpc) is 2.90. The van der Waals surface area contributed by atoms with E-state index >= 15 is 0 Å². The SMILES string of the molecule is NCC1(O)CCCC1CCSc1nccs1. The molecular formula is C11H18N2OS2. The molecular weight excluding hydrogens is 240 g/mol. The van der Waals surface area contributed by atoms with Crippen LogP contribution in [-0.2, 0) is 0 Å². The third kappa shape index (κ3) is 2.77. The largest absolute Gasteiger partial charge is 0.388 e. The van der Waals surface area contributed by atoms with Crippen molar-refractivity contribution in [3.8, 4) is 0 Å². The summed E-state index contributed by atoms with van der Waals surface area (Å²) in [5.41, 5.74) is 5.06. The van der Waals surface area contributed by atoms with E-state index < -0.39 is 5.60 Å². The first-order valence-electron chi connectivity index (χ1n) is 5.69. The molecule has 1 aliphatic carbocycles. The zero-order chi connectivity index (χ0) is 11.4. The fourth-order valence-electron chi connectivity index (χ4n) is 2.38. The Bertz CT molecular complexity index is 318. The Morgan fingerprint density at radius 1 is 1.69 bits per heavy atom. The summed E-state index contributed by atoms with van der Waals surface area (Å²) in [5, 5.41) is 12.3. The third-order valence-electron chi connectivity index (χ3n) is 3.38. The van der Waals surface area contributed by atoms with Gasteiger partial charge in [-0.25, -0.2) is 4.98 Å². The summed E-state index contributed by atoms with van der Waals surface area (Å²) >= 11 is 3.46. The van der Waals surface area contributed by atoms with Crippen LogP contribution in [0.4, 0.5) is 0 Å². The summed E-state index contributed by atoms with van der Waals surface area (Å²) in [6, 6.07) is 0. The van der Waals surface area contributed by atoms with E-state index in [4.69, 9.17) is 5.73 Å². The smallest absolute Gasteiger partial charge is 0.149 e. The summed E-state index contributed by atoms with van der Waals surface area (Å²) in [5.74, 6) is 1.41. The van der Waals surface area contributed by atoms with Gasteiger partial charge in [-0.3, -0.25) is 0 Å². The summed E-state index contributed by atoms with van der Waals surface area (Å²) in [6.45, 7) is 0.402. The molecule has 1 fully saturated rings. The quantitative estimate of drug-likeness (QED) is 0.794. The van der Waals surface area contributed by atoms with Crippen molar-refractivity contribution in [3.05, 3.63) is 11.6 Å². The number of hydrogen-bond donors (Lipinski definition) is 2. The van der Waals surface area contributed by atoms with Crippen molar-refractivity contribution in [3.63, 3.8) is 0 Å². The van der Waals surface area contributed by atoms with E-state index in [2.05, 4.69) is 4.98 Å². The molecule has 3 nitrogen and oxygen atoms in total. The first-order chi connectivity index (χ1) is 7.74. The molecule has 5 heteroatoms. The Morgan fingerprint density at radius 2 is 2.56 bits per heavy atom. The molecule has 0 saturated heterocycles. The zero-order valence-corrected chi connectivity index (χ0v) is 10.9.